The van der Waals surface area contributed by atoms with Crippen LogP contribution in [0, 0.1) is 4.64 Å². The number of hydrogen-bond donors (Lipinski definition) is 1. The minimum absolute atomic E-state index is 0.328. The molecule has 0 amide bonds. The fourth-order valence-corrected chi connectivity index (χ4v) is 3.01. The van der Waals surface area contributed by atoms with Crippen molar-refractivity contribution in [2.45, 2.75) is 25.4 Å². The summed E-state index contributed by atoms with van der Waals surface area (Å²) in [6, 6.07) is 10.4. The molecule has 1 aliphatic rings. The van der Waals surface area contributed by atoms with Crippen LogP contribution in [0.15, 0.2) is 30.3 Å². The second-order valence-corrected chi connectivity index (χ2v) is 5.27. The van der Waals surface area contributed by atoms with Gasteiger partial charge in [-0.1, -0.05) is 36.5 Å². The van der Waals surface area contributed by atoms with Crippen molar-refractivity contribution in [1.29, 1.82) is 0 Å². The van der Waals surface area contributed by atoms with E-state index in [1.54, 1.807) is 7.11 Å². The maximum absolute atomic E-state index is 5.25. The van der Waals surface area contributed by atoms with Gasteiger partial charge in [-0.15, -0.1) is 0 Å². The topological polar surface area (TPSA) is 37.9 Å². The van der Waals surface area contributed by atoms with Crippen molar-refractivity contribution in [3.8, 4) is 0 Å². The summed E-state index contributed by atoms with van der Waals surface area (Å²) in [5, 5.41) is 0. The summed E-state index contributed by atoms with van der Waals surface area (Å²) >= 11 is 5.25. The van der Waals surface area contributed by atoms with E-state index in [0.29, 0.717) is 17.2 Å². The lowest BCUT2D eigenvalue weighted by Crippen LogP contribution is -2.06. The van der Waals surface area contributed by atoms with Crippen LogP contribution in [0.3, 0.4) is 0 Å². The molecule has 0 saturated carbocycles. The van der Waals surface area contributed by atoms with Crippen LogP contribution in [0.2, 0.25) is 0 Å². The number of nitrogens with zero attached hydrogens (tertiary/aromatic N) is 1. The van der Waals surface area contributed by atoms with E-state index in [2.05, 4.69) is 34.2 Å². The lowest BCUT2D eigenvalue weighted by atomic mass is 10.0. The Morgan fingerprint density at radius 3 is 3.11 bits per heavy atom. The first-order valence-electron chi connectivity index (χ1n) is 6.45. The monoisotopic (exact) mass is 272 g/mol. The first-order valence-corrected chi connectivity index (χ1v) is 6.85. The van der Waals surface area contributed by atoms with Gasteiger partial charge in [-0.2, -0.15) is 0 Å². The summed E-state index contributed by atoms with van der Waals surface area (Å²) in [5.41, 5.74) is 3.78. The van der Waals surface area contributed by atoms with Gasteiger partial charge in [0.05, 0.1) is 6.61 Å². The molecule has 1 aliphatic carbocycles. The van der Waals surface area contributed by atoms with Crippen LogP contribution in [-0.2, 0) is 17.8 Å². The standard InChI is InChI=1S/C15H16N2OS/c1-18-9-11-8-14(19)17-15(16-11)13-7-6-10-4-2-3-5-12(10)13/h2-5,8,13H,6-7,9H2,1H3,(H,16,17,19). The van der Waals surface area contributed by atoms with Crippen molar-refractivity contribution >= 4 is 12.2 Å². The SMILES string of the molecule is COCc1cc(=S)nc(C2CCc3ccccc32)[nH]1. The third-order valence-corrected chi connectivity index (χ3v) is 3.79. The van der Waals surface area contributed by atoms with E-state index in [0.717, 1.165) is 24.4 Å². The number of hydrogen-bond acceptors (Lipinski definition) is 3. The number of rotatable bonds is 3. The second-order valence-electron chi connectivity index (χ2n) is 4.85. The normalized spacial score (nSPS) is 17.4. The van der Waals surface area contributed by atoms with Crippen molar-refractivity contribution in [1.82, 2.24) is 9.97 Å². The maximum atomic E-state index is 5.25. The van der Waals surface area contributed by atoms with Gasteiger partial charge < -0.3 is 9.72 Å². The molecule has 2 aromatic rings. The highest BCUT2D eigenvalue weighted by Crippen LogP contribution is 2.36. The van der Waals surface area contributed by atoms with Gasteiger partial charge in [0, 0.05) is 18.7 Å². The Morgan fingerprint density at radius 1 is 1.42 bits per heavy atom. The Bertz CT molecular complexity index is 651. The zero-order valence-electron chi connectivity index (χ0n) is 10.8. The van der Waals surface area contributed by atoms with Crippen LogP contribution in [0.5, 0.6) is 0 Å². The van der Waals surface area contributed by atoms with Crippen LogP contribution < -0.4 is 0 Å². The van der Waals surface area contributed by atoms with Crippen molar-refractivity contribution in [2.24, 2.45) is 0 Å². The van der Waals surface area contributed by atoms with Gasteiger partial charge >= 0.3 is 0 Å². The number of aromatic amines is 1. The summed E-state index contributed by atoms with van der Waals surface area (Å²) in [4.78, 5) is 7.87. The molecule has 1 atom stereocenters. The Balaban J connectivity index is 2.02. The molecule has 0 radical (unpaired) electrons. The van der Waals surface area contributed by atoms with Crippen molar-refractivity contribution in [2.75, 3.05) is 7.11 Å². The van der Waals surface area contributed by atoms with Gasteiger partial charge in [-0.3, -0.25) is 0 Å². The molecule has 1 N–H and O–H groups in total. The summed E-state index contributed by atoms with van der Waals surface area (Å²) in [6.07, 6.45) is 2.20. The molecule has 1 aromatic carbocycles. The van der Waals surface area contributed by atoms with Crippen LogP contribution in [0.4, 0.5) is 0 Å². The van der Waals surface area contributed by atoms with E-state index < -0.39 is 0 Å². The first kappa shape index (κ1) is 12.5. The highest BCUT2D eigenvalue weighted by molar-refractivity contribution is 7.71. The molecule has 1 aromatic heterocycles. The van der Waals surface area contributed by atoms with Crippen molar-refractivity contribution in [3.63, 3.8) is 0 Å². The molecular weight excluding hydrogens is 256 g/mol. The first-order chi connectivity index (χ1) is 9.28. The maximum Gasteiger partial charge on any atom is 0.130 e. The molecule has 1 unspecified atom stereocenters. The average Bonchev–Trinajstić information content (AvgIpc) is 2.82. The van der Waals surface area contributed by atoms with Crippen molar-refractivity contribution < 1.29 is 4.74 Å². The van der Waals surface area contributed by atoms with E-state index >= 15 is 0 Å². The number of ether oxygens (including phenoxy) is 1. The molecule has 3 nitrogen and oxygen atoms in total. The third-order valence-electron chi connectivity index (χ3n) is 3.58. The van der Waals surface area contributed by atoms with Gasteiger partial charge in [0.25, 0.3) is 0 Å². The Labute approximate surface area is 117 Å². The van der Waals surface area contributed by atoms with Crippen molar-refractivity contribution in [3.05, 3.63) is 57.6 Å². The fraction of sp³-hybridized carbons (Fsp3) is 0.333. The Hall–Kier alpha value is -1.52. The number of nitrogens with one attached hydrogen (secondary N) is 1. The molecule has 0 saturated heterocycles. The minimum Gasteiger partial charge on any atom is -0.378 e. The molecule has 98 valence electrons. The second kappa shape index (κ2) is 5.23. The van der Waals surface area contributed by atoms with Crippen LogP contribution >= 0.6 is 12.2 Å². The van der Waals surface area contributed by atoms with Crippen LogP contribution in [-0.4, -0.2) is 17.1 Å². The predicted octanol–water partition coefficient (Wildman–Crippen LogP) is 3.36. The van der Waals surface area contributed by atoms with E-state index in [4.69, 9.17) is 17.0 Å². The van der Waals surface area contributed by atoms with E-state index in [9.17, 15) is 0 Å². The molecule has 0 aliphatic heterocycles. The number of aromatic nitrogens is 2. The number of methoxy groups -OCH3 is 1. The van der Waals surface area contributed by atoms with Gasteiger partial charge in [0.2, 0.25) is 0 Å². The van der Waals surface area contributed by atoms with Gasteiger partial charge in [0.15, 0.2) is 0 Å². The van der Waals surface area contributed by atoms with Gasteiger partial charge in [0.1, 0.15) is 10.5 Å². The molecule has 4 heteroatoms. The molecule has 3 rings (SSSR count). The summed E-state index contributed by atoms with van der Waals surface area (Å²) in [5.74, 6) is 1.29. The molecule has 0 bridgehead atoms. The van der Waals surface area contributed by atoms with E-state index in [-0.39, 0.29) is 0 Å². The van der Waals surface area contributed by atoms with Crippen LogP contribution in [0.1, 0.15) is 35.0 Å². The largest absolute Gasteiger partial charge is 0.378 e. The highest BCUT2D eigenvalue weighted by atomic mass is 32.1. The predicted molar refractivity (Wildman–Crippen MR) is 76.7 cm³/mol. The number of fused-ring (bicyclic) bond motifs is 1. The summed E-state index contributed by atoms with van der Waals surface area (Å²) in [6.45, 7) is 0.535. The Morgan fingerprint density at radius 2 is 2.26 bits per heavy atom. The zero-order chi connectivity index (χ0) is 13.2. The molecular formula is C15H16N2OS. The fourth-order valence-electron chi connectivity index (χ4n) is 2.77. The average molecular weight is 272 g/mol. The number of benzene rings is 1. The third kappa shape index (κ3) is 2.46. The van der Waals surface area contributed by atoms with Gasteiger partial charge in [-0.25, -0.2) is 4.98 Å². The zero-order valence-corrected chi connectivity index (χ0v) is 11.7. The molecule has 19 heavy (non-hydrogen) atoms. The van der Waals surface area contributed by atoms with E-state index in [1.807, 2.05) is 6.07 Å². The Kier molecular flexibility index (Phi) is 3.44. The number of H-pyrrole nitrogens is 1. The smallest absolute Gasteiger partial charge is 0.130 e. The molecule has 1 heterocycles. The van der Waals surface area contributed by atoms with Gasteiger partial charge in [-0.05, 0) is 30.0 Å². The lowest BCUT2D eigenvalue weighted by molar-refractivity contribution is 0.181. The lowest BCUT2D eigenvalue weighted by Gasteiger charge is -2.12. The minimum atomic E-state index is 0.328. The van der Waals surface area contributed by atoms with Crippen LogP contribution in [0.25, 0.3) is 0 Å². The quantitative estimate of drug-likeness (QED) is 0.871. The number of aryl methyl sites for hydroxylation is 1. The highest BCUT2D eigenvalue weighted by Gasteiger charge is 2.25. The molecule has 0 fully saturated rings. The van der Waals surface area contributed by atoms with E-state index in [1.165, 1.54) is 11.1 Å². The molecule has 0 spiro atoms. The summed E-state index contributed by atoms with van der Waals surface area (Å²) in [7, 11) is 1.68. The summed E-state index contributed by atoms with van der Waals surface area (Å²) < 4.78 is 5.79.